The molecule has 2 aromatic carbocycles. The first kappa shape index (κ1) is 17.3. The summed E-state index contributed by atoms with van der Waals surface area (Å²) < 4.78 is 19.8. The quantitative estimate of drug-likeness (QED) is 0.740. The molecule has 0 amide bonds. The van der Waals surface area contributed by atoms with Crippen LogP contribution in [-0.2, 0) is 6.61 Å². The van der Waals surface area contributed by atoms with E-state index in [0.29, 0.717) is 6.61 Å². The van der Waals surface area contributed by atoms with Crippen LogP contribution in [0, 0.1) is 5.82 Å². The van der Waals surface area contributed by atoms with E-state index in [0.717, 1.165) is 36.7 Å². The van der Waals surface area contributed by atoms with Crippen LogP contribution in [0.4, 0.5) is 4.39 Å². The van der Waals surface area contributed by atoms with Gasteiger partial charge in [-0.05, 0) is 42.4 Å². The Morgan fingerprint density at radius 3 is 2.71 bits per heavy atom. The number of hydrogen-bond donors (Lipinski definition) is 0. The molecule has 24 heavy (non-hydrogen) atoms. The predicted molar refractivity (Wildman–Crippen MR) is 99.3 cm³/mol. The van der Waals surface area contributed by atoms with Crippen molar-refractivity contribution in [1.29, 1.82) is 0 Å². The zero-order valence-electron chi connectivity index (χ0n) is 14.3. The van der Waals surface area contributed by atoms with E-state index in [1.165, 1.54) is 17.2 Å². The third-order valence-electron chi connectivity index (χ3n) is 4.56. The van der Waals surface area contributed by atoms with E-state index in [-0.39, 0.29) is 11.1 Å². The number of rotatable bonds is 6. The highest BCUT2D eigenvalue weighted by Gasteiger charge is 2.25. The Bertz CT molecular complexity index is 687. The summed E-state index contributed by atoms with van der Waals surface area (Å²) in [5.74, 6) is 1.61. The van der Waals surface area contributed by atoms with E-state index >= 15 is 0 Å². The molecule has 0 bridgehead atoms. The van der Waals surface area contributed by atoms with Gasteiger partial charge in [0.1, 0.15) is 18.2 Å². The minimum atomic E-state index is -0.203. The van der Waals surface area contributed by atoms with Gasteiger partial charge in [-0.3, -0.25) is 0 Å². The second-order valence-electron chi connectivity index (χ2n) is 5.95. The van der Waals surface area contributed by atoms with Crippen LogP contribution in [0.15, 0.2) is 42.5 Å². The maximum Gasteiger partial charge on any atom is 0.124 e. The Kier molecular flexibility index (Phi) is 5.80. The van der Waals surface area contributed by atoms with Crippen LogP contribution in [0.25, 0.3) is 0 Å². The van der Waals surface area contributed by atoms with Gasteiger partial charge < -0.3 is 9.64 Å². The van der Waals surface area contributed by atoms with Gasteiger partial charge in [-0.25, -0.2) is 4.39 Å². The van der Waals surface area contributed by atoms with Crippen LogP contribution >= 0.6 is 11.8 Å². The van der Waals surface area contributed by atoms with E-state index in [1.54, 1.807) is 12.1 Å². The van der Waals surface area contributed by atoms with Gasteiger partial charge in [0, 0.05) is 17.9 Å². The fourth-order valence-electron chi connectivity index (χ4n) is 3.12. The fourth-order valence-corrected chi connectivity index (χ4v) is 4.49. The first-order valence-electron chi connectivity index (χ1n) is 8.57. The number of halogens is 1. The van der Waals surface area contributed by atoms with Crippen molar-refractivity contribution in [2.45, 2.75) is 25.7 Å². The molecule has 1 unspecified atom stereocenters. The second kappa shape index (κ2) is 8.04. The Labute approximate surface area is 148 Å². The van der Waals surface area contributed by atoms with Crippen molar-refractivity contribution in [1.82, 2.24) is 4.90 Å². The van der Waals surface area contributed by atoms with Crippen molar-refractivity contribution in [3.8, 4) is 5.75 Å². The molecule has 1 aliphatic heterocycles. The molecule has 0 aromatic heterocycles. The summed E-state index contributed by atoms with van der Waals surface area (Å²) >= 11 is 1.88. The minimum Gasteiger partial charge on any atom is -0.489 e. The highest BCUT2D eigenvalue weighted by molar-refractivity contribution is 7.99. The maximum absolute atomic E-state index is 13.9. The molecule has 0 radical (unpaired) electrons. The van der Waals surface area contributed by atoms with Gasteiger partial charge in [0.2, 0.25) is 0 Å². The number of benzene rings is 2. The fraction of sp³-hybridized carbons (Fsp3) is 0.400. The Balaban J connectivity index is 1.89. The summed E-state index contributed by atoms with van der Waals surface area (Å²) in [6, 6.07) is 13.2. The van der Waals surface area contributed by atoms with Gasteiger partial charge in [-0.1, -0.05) is 38.1 Å². The van der Waals surface area contributed by atoms with Crippen LogP contribution < -0.4 is 4.74 Å². The molecule has 0 fully saturated rings. The van der Waals surface area contributed by atoms with Crippen LogP contribution in [0.5, 0.6) is 5.75 Å². The van der Waals surface area contributed by atoms with E-state index in [4.69, 9.17) is 4.74 Å². The number of nitrogens with zero attached hydrogens (tertiary/aromatic N) is 1. The van der Waals surface area contributed by atoms with Crippen molar-refractivity contribution < 1.29 is 9.13 Å². The van der Waals surface area contributed by atoms with Crippen molar-refractivity contribution in [3.05, 3.63) is 65.0 Å². The summed E-state index contributed by atoms with van der Waals surface area (Å²) in [4.78, 5) is 2.42. The second-order valence-corrected chi connectivity index (χ2v) is 7.16. The molecule has 1 atom stereocenters. The first-order chi connectivity index (χ1) is 11.7. The maximum atomic E-state index is 13.9. The molecular weight excluding hydrogens is 321 g/mol. The molecule has 0 saturated carbocycles. The summed E-state index contributed by atoms with van der Waals surface area (Å²) in [7, 11) is 0. The predicted octanol–water partition coefficient (Wildman–Crippen LogP) is 4.88. The monoisotopic (exact) mass is 345 g/mol. The van der Waals surface area contributed by atoms with Crippen LogP contribution in [0.2, 0.25) is 0 Å². The summed E-state index contributed by atoms with van der Waals surface area (Å²) in [6.45, 7) is 8.09. The highest BCUT2D eigenvalue weighted by atomic mass is 32.2. The SMILES string of the molecule is CCN(CC)CCSC1c2ccccc2COc2ccc(F)cc21. The standard InChI is InChI=1S/C20H24FNOS/c1-3-22(4-2)11-12-24-20-17-8-6-5-7-15(17)14-23-19-10-9-16(21)13-18(19)20/h5-10,13,20H,3-4,11-12,14H2,1-2H3. The first-order valence-corrected chi connectivity index (χ1v) is 9.61. The number of hydrogen-bond acceptors (Lipinski definition) is 3. The van der Waals surface area contributed by atoms with E-state index in [9.17, 15) is 4.39 Å². The average Bonchev–Trinajstić information content (AvgIpc) is 2.76. The van der Waals surface area contributed by atoms with E-state index in [1.807, 2.05) is 17.8 Å². The normalized spacial score (nSPS) is 16.2. The lowest BCUT2D eigenvalue weighted by molar-refractivity contribution is 0.306. The molecule has 0 aliphatic carbocycles. The third-order valence-corrected chi connectivity index (χ3v) is 5.82. The lowest BCUT2D eigenvalue weighted by Crippen LogP contribution is -2.25. The third kappa shape index (κ3) is 3.76. The van der Waals surface area contributed by atoms with E-state index in [2.05, 4.69) is 36.9 Å². The molecule has 4 heteroatoms. The van der Waals surface area contributed by atoms with Gasteiger partial charge in [0.15, 0.2) is 0 Å². The van der Waals surface area contributed by atoms with Crippen LogP contribution in [0.3, 0.4) is 0 Å². The molecule has 1 heterocycles. The van der Waals surface area contributed by atoms with Crippen LogP contribution in [0.1, 0.15) is 35.8 Å². The summed E-state index contributed by atoms with van der Waals surface area (Å²) in [6.07, 6.45) is 0. The van der Waals surface area contributed by atoms with Gasteiger partial charge in [-0.15, -0.1) is 11.8 Å². The smallest absolute Gasteiger partial charge is 0.124 e. The number of ether oxygens (including phenoxy) is 1. The Morgan fingerprint density at radius 1 is 1.12 bits per heavy atom. The molecule has 0 spiro atoms. The molecule has 0 saturated heterocycles. The van der Waals surface area contributed by atoms with Gasteiger partial charge >= 0.3 is 0 Å². The minimum absolute atomic E-state index is 0.116. The number of thioether (sulfide) groups is 1. The Hall–Kier alpha value is -1.52. The molecule has 2 aromatic rings. The molecule has 2 nitrogen and oxygen atoms in total. The summed E-state index contributed by atoms with van der Waals surface area (Å²) in [5.41, 5.74) is 3.38. The van der Waals surface area contributed by atoms with Crippen molar-refractivity contribution in [2.75, 3.05) is 25.4 Å². The van der Waals surface area contributed by atoms with Crippen LogP contribution in [-0.4, -0.2) is 30.3 Å². The highest BCUT2D eigenvalue weighted by Crippen LogP contribution is 2.44. The average molecular weight is 345 g/mol. The summed E-state index contributed by atoms with van der Waals surface area (Å²) in [5, 5.41) is 0.116. The zero-order valence-corrected chi connectivity index (χ0v) is 15.1. The lowest BCUT2D eigenvalue weighted by Gasteiger charge is -2.22. The van der Waals surface area contributed by atoms with Crippen molar-refractivity contribution in [3.63, 3.8) is 0 Å². The molecule has 128 valence electrons. The van der Waals surface area contributed by atoms with Gasteiger partial charge in [0.05, 0.1) is 5.25 Å². The zero-order chi connectivity index (χ0) is 16.9. The molecule has 0 N–H and O–H groups in total. The lowest BCUT2D eigenvalue weighted by atomic mass is 10.00. The van der Waals surface area contributed by atoms with Gasteiger partial charge in [-0.2, -0.15) is 0 Å². The van der Waals surface area contributed by atoms with Crippen molar-refractivity contribution >= 4 is 11.8 Å². The molecule has 1 aliphatic rings. The Morgan fingerprint density at radius 2 is 1.92 bits per heavy atom. The van der Waals surface area contributed by atoms with E-state index < -0.39 is 0 Å². The molecular formula is C20H24FNOS. The van der Waals surface area contributed by atoms with Gasteiger partial charge in [0.25, 0.3) is 0 Å². The largest absolute Gasteiger partial charge is 0.489 e. The van der Waals surface area contributed by atoms with Crippen molar-refractivity contribution in [2.24, 2.45) is 0 Å². The number of fused-ring (bicyclic) bond motifs is 2. The topological polar surface area (TPSA) is 12.5 Å². The molecule has 3 rings (SSSR count).